The molecule has 1 rings (SSSR count). The highest BCUT2D eigenvalue weighted by Gasteiger charge is 2.36. The number of halogens is 2. The van der Waals surface area contributed by atoms with Crippen LogP contribution < -0.4 is 0 Å². The van der Waals surface area contributed by atoms with Gasteiger partial charge in [-0.2, -0.15) is 0 Å². The lowest BCUT2D eigenvalue weighted by Crippen LogP contribution is -2.28. The maximum absolute atomic E-state index is 12.8. The van der Waals surface area contributed by atoms with E-state index in [9.17, 15) is 13.6 Å². The minimum Gasteiger partial charge on any atom is -0.299 e. The fourth-order valence-corrected chi connectivity index (χ4v) is 1.81. The molecule has 1 aliphatic rings. The molecule has 0 N–H and O–H groups in total. The van der Waals surface area contributed by atoms with E-state index in [1.165, 1.54) is 0 Å². The van der Waals surface area contributed by atoms with Crippen LogP contribution in [0.5, 0.6) is 0 Å². The second-order valence-electron chi connectivity index (χ2n) is 3.92. The Morgan fingerprint density at radius 3 is 2.50 bits per heavy atom. The van der Waals surface area contributed by atoms with Gasteiger partial charge in [-0.1, -0.05) is 6.08 Å². The summed E-state index contributed by atoms with van der Waals surface area (Å²) in [5.74, 6) is -2.54. The van der Waals surface area contributed by atoms with E-state index in [1.807, 2.05) is 0 Å². The van der Waals surface area contributed by atoms with Gasteiger partial charge in [0.2, 0.25) is 5.92 Å². The summed E-state index contributed by atoms with van der Waals surface area (Å²) in [7, 11) is 0. The first kappa shape index (κ1) is 11.3. The molecule has 1 saturated carbocycles. The molecule has 0 aromatic carbocycles. The normalized spacial score (nSPS) is 21.9. The first-order valence-corrected chi connectivity index (χ1v) is 5.06. The van der Waals surface area contributed by atoms with Gasteiger partial charge in [0.1, 0.15) is 5.78 Å². The zero-order chi connectivity index (χ0) is 10.6. The van der Waals surface area contributed by atoms with Gasteiger partial charge in [0.05, 0.1) is 0 Å². The molecule has 0 heterocycles. The van der Waals surface area contributed by atoms with E-state index in [0.29, 0.717) is 25.7 Å². The Hall–Kier alpha value is -0.730. The van der Waals surface area contributed by atoms with Crippen molar-refractivity contribution in [1.82, 2.24) is 0 Å². The number of allylic oxidation sites excluding steroid dienone is 1. The molecule has 0 aliphatic heterocycles. The van der Waals surface area contributed by atoms with Crippen molar-refractivity contribution in [1.29, 1.82) is 0 Å². The van der Waals surface area contributed by atoms with Gasteiger partial charge in [-0.3, -0.25) is 4.79 Å². The van der Waals surface area contributed by atoms with Crippen LogP contribution in [0.2, 0.25) is 0 Å². The molecule has 1 nitrogen and oxygen atoms in total. The maximum Gasteiger partial charge on any atom is 0.248 e. The zero-order valence-corrected chi connectivity index (χ0v) is 8.27. The Morgan fingerprint density at radius 2 is 2.00 bits per heavy atom. The van der Waals surface area contributed by atoms with Gasteiger partial charge in [-0.05, 0) is 19.3 Å². The molecule has 0 amide bonds. The molecule has 80 valence electrons. The lowest BCUT2D eigenvalue weighted by molar-refractivity contribution is -0.126. The van der Waals surface area contributed by atoms with E-state index in [0.717, 1.165) is 0 Å². The molecular formula is C11H16F2O. The van der Waals surface area contributed by atoms with Crippen molar-refractivity contribution in [3.05, 3.63) is 12.7 Å². The molecule has 0 spiro atoms. The number of Topliss-reactive ketones (excluding diaryl/α,β-unsaturated/α-hetero) is 1. The predicted octanol–water partition coefficient (Wildman–Crippen LogP) is 3.35. The van der Waals surface area contributed by atoms with Gasteiger partial charge in [0.15, 0.2) is 0 Å². The Morgan fingerprint density at radius 1 is 1.43 bits per heavy atom. The summed E-state index contributed by atoms with van der Waals surface area (Å²) in [6.45, 7) is 3.53. The Labute approximate surface area is 83.2 Å². The molecule has 1 aliphatic carbocycles. The van der Waals surface area contributed by atoms with Crippen LogP contribution in [-0.2, 0) is 4.79 Å². The first-order chi connectivity index (χ1) is 6.55. The number of hydrogen-bond acceptors (Lipinski definition) is 1. The van der Waals surface area contributed by atoms with Crippen molar-refractivity contribution in [2.45, 2.75) is 44.4 Å². The van der Waals surface area contributed by atoms with Gasteiger partial charge in [-0.25, -0.2) is 8.78 Å². The molecule has 3 heteroatoms. The third kappa shape index (κ3) is 3.20. The largest absolute Gasteiger partial charge is 0.299 e. The van der Waals surface area contributed by atoms with E-state index in [-0.39, 0.29) is 24.5 Å². The molecule has 1 fully saturated rings. The van der Waals surface area contributed by atoms with Crippen LogP contribution in [-0.4, -0.2) is 11.7 Å². The SMILES string of the molecule is C=CCCC(=O)C1CCC(F)(F)CC1. The average molecular weight is 202 g/mol. The summed E-state index contributed by atoms with van der Waals surface area (Å²) < 4.78 is 25.5. The van der Waals surface area contributed by atoms with E-state index >= 15 is 0 Å². The Balaban J connectivity index is 2.34. The van der Waals surface area contributed by atoms with Crippen molar-refractivity contribution in [2.75, 3.05) is 0 Å². The summed E-state index contributed by atoms with van der Waals surface area (Å²) in [5.41, 5.74) is 0. The number of hydrogen-bond donors (Lipinski definition) is 0. The average Bonchev–Trinajstić information content (AvgIpc) is 2.14. The van der Waals surface area contributed by atoms with E-state index in [2.05, 4.69) is 6.58 Å². The highest BCUT2D eigenvalue weighted by atomic mass is 19.3. The van der Waals surface area contributed by atoms with Crippen LogP contribution in [0.1, 0.15) is 38.5 Å². The number of rotatable bonds is 4. The number of ketones is 1. The van der Waals surface area contributed by atoms with Gasteiger partial charge >= 0.3 is 0 Å². The quantitative estimate of drug-likeness (QED) is 0.639. The van der Waals surface area contributed by atoms with Crippen molar-refractivity contribution in [2.24, 2.45) is 5.92 Å². The molecule has 0 radical (unpaired) electrons. The van der Waals surface area contributed by atoms with Gasteiger partial charge in [-0.15, -0.1) is 6.58 Å². The summed E-state index contributed by atoms with van der Waals surface area (Å²) in [6, 6.07) is 0. The molecule has 0 atom stereocenters. The van der Waals surface area contributed by atoms with E-state index in [4.69, 9.17) is 0 Å². The Bertz CT molecular complexity index is 213. The lowest BCUT2D eigenvalue weighted by Gasteiger charge is -2.27. The number of alkyl halides is 2. The summed E-state index contributed by atoms with van der Waals surface area (Å²) in [6.07, 6.45) is 3.25. The summed E-state index contributed by atoms with van der Waals surface area (Å²) in [5, 5.41) is 0. The number of carbonyl (C=O) groups is 1. The van der Waals surface area contributed by atoms with Crippen LogP contribution in [0.25, 0.3) is 0 Å². The lowest BCUT2D eigenvalue weighted by atomic mass is 9.83. The van der Waals surface area contributed by atoms with Crippen molar-refractivity contribution in [3.63, 3.8) is 0 Å². The minimum absolute atomic E-state index is 0.125. The van der Waals surface area contributed by atoms with Gasteiger partial charge in [0.25, 0.3) is 0 Å². The number of carbonyl (C=O) groups excluding carboxylic acids is 1. The van der Waals surface area contributed by atoms with Crippen LogP contribution >= 0.6 is 0 Å². The van der Waals surface area contributed by atoms with Gasteiger partial charge < -0.3 is 0 Å². The second kappa shape index (κ2) is 4.67. The molecule has 0 bridgehead atoms. The van der Waals surface area contributed by atoms with Crippen molar-refractivity contribution < 1.29 is 13.6 Å². The van der Waals surface area contributed by atoms with E-state index in [1.54, 1.807) is 6.08 Å². The maximum atomic E-state index is 12.8. The van der Waals surface area contributed by atoms with Crippen molar-refractivity contribution >= 4 is 5.78 Å². The molecular weight excluding hydrogens is 186 g/mol. The van der Waals surface area contributed by atoms with Crippen LogP contribution in [0.15, 0.2) is 12.7 Å². The fourth-order valence-electron chi connectivity index (χ4n) is 1.81. The predicted molar refractivity (Wildman–Crippen MR) is 51.3 cm³/mol. The summed E-state index contributed by atoms with van der Waals surface area (Å²) >= 11 is 0. The highest BCUT2D eigenvalue weighted by molar-refractivity contribution is 5.81. The third-order valence-corrected chi connectivity index (χ3v) is 2.77. The zero-order valence-electron chi connectivity index (χ0n) is 8.27. The Kier molecular flexibility index (Phi) is 3.78. The monoisotopic (exact) mass is 202 g/mol. The van der Waals surface area contributed by atoms with Crippen LogP contribution in [0.3, 0.4) is 0 Å². The molecule has 0 unspecified atom stereocenters. The highest BCUT2D eigenvalue weighted by Crippen LogP contribution is 2.36. The van der Waals surface area contributed by atoms with E-state index < -0.39 is 5.92 Å². The standard InChI is InChI=1S/C11H16F2O/c1-2-3-4-10(14)9-5-7-11(12,13)8-6-9/h2,9H,1,3-8H2. The minimum atomic E-state index is -2.53. The molecule has 0 saturated heterocycles. The van der Waals surface area contributed by atoms with Crippen LogP contribution in [0, 0.1) is 5.92 Å². The smallest absolute Gasteiger partial charge is 0.248 e. The third-order valence-electron chi connectivity index (χ3n) is 2.77. The molecule has 14 heavy (non-hydrogen) atoms. The first-order valence-electron chi connectivity index (χ1n) is 5.06. The molecule has 0 aromatic heterocycles. The topological polar surface area (TPSA) is 17.1 Å². The van der Waals surface area contributed by atoms with Crippen molar-refractivity contribution in [3.8, 4) is 0 Å². The second-order valence-corrected chi connectivity index (χ2v) is 3.92. The van der Waals surface area contributed by atoms with Crippen LogP contribution in [0.4, 0.5) is 8.78 Å². The summed E-state index contributed by atoms with van der Waals surface area (Å²) in [4.78, 5) is 11.5. The fraction of sp³-hybridized carbons (Fsp3) is 0.727. The molecule has 0 aromatic rings. The van der Waals surface area contributed by atoms with Gasteiger partial charge in [0, 0.05) is 25.2 Å².